The van der Waals surface area contributed by atoms with Gasteiger partial charge in [-0.3, -0.25) is 9.89 Å². The fraction of sp³-hybridized carbons (Fsp3) is 0.611. The van der Waals surface area contributed by atoms with Crippen LogP contribution in [0.4, 0.5) is 13.2 Å². The molecule has 1 aromatic rings. The predicted molar refractivity (Wildman–Crippen MR) is 92.5 cm³/mol. The molecule has 138 valence electrons. The van der Waals surface area contributed by atoms with Gasteiger partial charge in [0.2, 0.25) is 0 Å². The Hall–Kier alpha value is -1.76. The highest BCUT2D eigenvalue weighted by atomic mass is 19.4. The Balaban J connectivity index is 1.73. The van der Waals surface area contributed by atoms with Gasteiger partial charge in [0.1, 0.15) is 0 Å². The lowest BCUT2D eigenvalue weighted by molar-refractivity contribution is -0.137. The van der Waals surface area contributed by atoms with Gasteiger partial charge >= 0.3 is 6.18 Å². The lowest BCUT2D eigenvalue weighted by Crippen LogP contribution is -2.44. The number of likely N-dealkylation sites (N-methyl/N-ethyl adjacent to an activating group) is 1. The second-order valence-electron chi connectivity index (χ2n) is 6.96. The highest BCUT2D eigenvalue weighted by Gasteiger charge is 2.33. The summed E-state index contributed by atoms with van der Waals surface area (Å²) in [6.07, 6.45) is -2.13. The molecule has 0 spiro atoms. The van der Waals surface area contributed by atoms with Gasteiger partial charge in [-0.25, -0.2) is 0 Å². The zero-order valence-electron chi connectivity index (χ0n) is 14.7. The van der Waals surface area contributed by atoms with Gasteiger partial charge in [-0.1, -0.05) is 12.1 Å². The molecule has 25 heavy (non-hydrogen) atoms. The largest absolute Gasteiger partial charge is 0.416 e. The van der Waals surface area contributed by atoms with E-state index in [1.165, 1.54) is 12.1 Å². The van der Waals surface area contributed by atoms with Crippen molar-refractivity contribution in [3.63, 3.8) is 0 Å². The highest BCUT2D eigenvalue weighted by molar-refractivity contribution is 5.81. The van der Waals surface area contributed by atoms with Crippen molar-refractivity contribution in [2.24, 2.45) is 10.9 Å². The second kappa shape index (κ2) is 7.23. The quantitative estimate of drug-likeness (QED) is 0.905. The lowest BCUT2D eigenvalue weighted by atomic mass is 9.84. The van der Waals surface area contributed by atoms with E-state index in [1.807, 2.05) is 14.1 Å². The molecule has 0 bridgehead atoms. The molecular formula is C18H25F3N4. The van der Waals surface area contributed by atoms with E-state index in [2.05, 4.69) is 20.1 Å². The number of guanidine groups is 1. The Labute approximate surface area is 146 Å². The van der Waals surface area contributed by atoms with Gasteiger partial charge in [0.15, 0.2) is 5.96 Å². The molecule has 1 N–H and O–H groups in total. The average Bonchev–Trinajstić information content (AvgIpc) is 2.97. The molecule has 0 aromatic heterocycles. The topological polar surface area (TPSA) is 30.9 Å². The summed E-state index contributed by atoms with van der Waals surface area (Å²) in [4.78, 5) is 8.79. The summed E-state index contributed by atoms with van der Waals surface area (Å²) in [6.45, 7) is 3.48. The Bertz CT molecular complexity index is 612. The van der Waals surface area contributed by atoms with E-state index < -0.39 is 11.7 Å². The minimum absolute atomic E-state index is 0.121. The summed E-state index contributed by atoms with van der Waals surface area (Å²) < 4.78 is 38.4. The molecule has 2 atom stereocenters. The van der Waals surface area contributed by atoms with E-state index in [-0.39, 0.29) is 6.04 Å². The molecule has 3 rings (SSSR count). The normalized spacial score (nSPS) is 25.2. The van der Waals surface area contributed by atoms with Crippen LogP contribution in [-0.2, 0) is 6.18 Å². The third-order valence-corrected chi connectivity index (χ3v) is 5.17. The van der Waals surface area contributed by atoms with Gasteiger partial charge in [0, 0.05) is 26.2 Å². The first-order chi connectivity index (χ1) is 11.9. The van der Waals surface area contributed by atoms with E-state index in [9.17, 15) is 13.2 Å². The van der Waals surface area contributed by atoms with Crippen molar-refractivity contribution in [1.29, 1.82) is 0 Å². The summed E-state index contributed by atoms with van der Waals surface area (Å²) in [5, 5.41) is 3.43. The third kappa shape index (κ3) is 4.08. The lowest BCUT2D eigenvalue weighted by Gasteiger charge is -2.40. The van der Waals surface area contributed by atoms with Gasteiger partial charge in [-0.05, 0) is 50.0 Å². The van der Waals surface area contributed by atoms with E-state index in [0.29, 0.717) is 5.92 Å². The van der Waals surface area contributed by atoms with Crippen LogP contribution in [0.5, 0.6) is 0 Å². The Kier molecular flexibility index (Phi) is 5.22. The van der Waals surface area contributed by atoms with Gasteiger partial charge in [-0.15, -0.1) is 0 Å². The van der Waals surface area contributed by atoms with Gasteiger partial charge in [-0.2, -0.15) is 13.2 Å². The molecule has 2 unspecified atom stereocenters. The number of rotatable bonds is 3. The van der Waals surface area contributed by atoms with Gasteiger partial charge in [0.25, 0.3) is 0 Å². The molecule has 1 aromatic carbocycles. The number of piperidine rings is 1. The van der Waals surface area contributed by atoms with Crippen molar-refractivity contribution >= 4 is 5.96 Å². The first kappa shape index (κ1) is 18.0. The zero-order chi connectivity index (χ0) is 18.0. The highest BCUT2D eigenvalue weighted by Crippen LogP contribution is 2.36. The fourth-order valence-electron chi connectivity index (χ4n) is 3.82. The number of nitrogens with one attached hydrogen (secondary N) is 1. The molecule has 0 aliphatic carbocycles. The number of likely N-dealkylation sites (tertiary alicyclic amines) is 1. The van der Waals surface area contributed by atoms with Crippen molar-refractivity contribution < 1.29 is 13.2 Å². The average molecular weight is 354 g/mol. The van der Waals surface area contributed by atoms with Crippen molar-refractivity contribution in [3.8, 4) is 0 Å². The van der Waals surface area contributed by atoms with Crippen LogP contribution in [-0.4, -0.2) is 56.0 Å². The third-order valence-electron chi connectivity index (χ3n) is 5.17. The molecule has 2 aliphatic heterocycles. The number of halogens is 3. The van der Waals surface area contributed by atoms with Crippen LogP contribution in [0.2, 0.25) is 0 Å². The molecule has 1 saturated heterocycles. The molecule has 0 radical (unpaired) electrons. The van der Waals surface area contributed by atoms with Crippen molar-refractivity contribution in [2.45, 2.75) is 25.1 Å². The molecule has 0 saturated carbocycles. The molecule has 7 heteroatoms. The maximum absolute atomic E-state index is 12.8. The number of hydrogen-bond acceptors (Lipinski definition) is 4. The monoisotopic (exact) mass is 354 g/mol. The Morgan fingerprint density at radius 2 is 1.88 bits per heavy atom. The maximum atomic E-state index is 12.8. The minimum Gasteiger partial charge on any atom is -0.356 e. The fourth-order valence-corrected chi connectivity index (χ4v) is 3.82. The first-order valence-electron chi connectivity index (χ1n) is 8.73. The summed E-state index contributed by atoms with van der Waals surface area (Å²) in [7, 11) is 4.06. The van der Waals surface area contributed by atoms with E-state index in [0.717, 1.165) is 50.5 Å². The predicted octanol–water partition coefficient (Wildman–Crippen LogP) is 2.98. The summed E-state index contributed by atoms with van der Waals surface area (Å²) in [5.41, 5.74) is 0.357. The number of benzene rings is 1. The van der Waals surface area contributed by atoms with Gasteiger partial charge in [0.05, 0.1) is 12.1 Å². The molecule has 4 nitrogen and oxygen atoms in total. The van der Waals surface area contributed by atoms with Crippen LogP contribution in [0, 0.1) is 5.92 Å². The molecule has 0 amide bonds. The molecule has 2 aliphatic rings. The van der Waals surface area contributed by atoms with Gasteiger partial charge < -0.3 is 10.2 Å². The zero-order valence-corrected chi connectivity index (χ0v) is 14.7. The van der Waals surface area contributed by atoms with Crippen LogP contribution >= 0.6 is 0 Å². The van der Waals surface area contributed by atoms with Crippen molar-refractivity contribution in [3.05, 3.63) is 35.4 Å². The summed E-state index contributed by atoms with van der Waals surface area (Å²) in [5.74, 6) is 1.26. The number of hydrogen-bond donors (Lipinski definition) is 1. The SMILES string of the molecule is CN1CCN=C1NCC1CCCN(C)C1c1ccc(C(F)(F)F)cc1. The smallest absolute Gasteiger partial charge is 0.356 e. The van der Waals surface area contributed by atoms with Crippen molar-refractivity contribution in [1.82, 2.24) is 15.1 Å². The van der Waals surface area contributed by atoms with Crippen LogP contribution in [0.3, 0.4) is 0 Å². The second-order valence-corrected chi connectivity index (χ2v) is 6.96. The van der Waals surface area contributed by atoms with E-state index in [4.69, 9.17) is 0 Å². The minimum atomic E-state index is -4.29. The summed E-state index contributed by atoms with van der Waals surface area (Å²) >= 11 is 0. The molecule has 2 heterocycles. The van der Waals surface area contributed by atoms with Crippen LogP contribution in [0.25, 0.3) is 0 Å². The number of alkyl halides is 3. The van der Waals surface area contributed by atoms with E-state index >= 15 is 0 Å². The Morgan fingerprint density at radius 3 is 2.48 bits per heavy atom. The maximum Gasteiger partial charge on any atom is 0.416 e. The molecular weight excluding hydrogens is 329 g/mol. The Morgan fingerprint density at radius 1 is 1.16 bits per heavy atom. The first-order valence-corrected chi connectivity index (χ1v) is 8.73. The summed E-state index contributed by atoms with van der Waals surface area (Å²) in [6, 6.07) is 5.76. The van der Waals surface area contributed by atoms with Crippen LogP contribution in [0.15, 0.2) is 29.3 Å². The van der Waals surface area contributed by atoms with Crippen LogP contribution in [0.1, 0.15) is 30.0 Å². The van der Waals surface area contributed by atoms with Crippen LogP contribution < -0.4 is 5.32 Å². The number of nitrogens with zero attached hydrogens (tertiary/aromatic N) is 3. The standard InChI is InChI=1S/C18H25F3N4/c1-24-10-3-4-14(12-23-17-22-9-11-25(17)2)16(24)13-5-7-15(8-6-13)18(19,20)21/h5-8,14,16H,3-4,9-12H2,1-2H3,(H,22,23). The van der Waals surface area contributed by atoms with E-state index in [1.54, 1.807) is 12.1 Å². The molecule has 1 fully saturated rings. The van der Waals surface area contributed by atoms with Crippen molar-refractivity contribution in [2.75, 3.05) is 40.3 Å². The number of aliphatic imine (C=N–C) groups is 1.